The Morgan fingerprint density at radius 3 is 2.14 bits per heavy atom. The summed E-state index contributed by atoms with van der Waals surface area (Å²) in [6, 6.07) is 9.46. The first kappa shape index (κ1) is 16.5. The Balaban J connectivity index is 2.32. The Hall–Kier alpha value is -1.85. The van der Waals surface area contributed by atoms with E-state index in [9.17, 15) is 13.2 Å². The number of rotatable bonds is 3. The lowest BCUT2D eigenvalue weighted by molar-refractivity contribution is 0.0981. The van der Waals surface area contributed by atoms with Gasteiger partial charge in [-0.2, -0.15) is 0 Å². The van der Waals surface area contributed by atoms with Crippen molar-refractivity contribution in [2.75, 3.05) is 0 Å². The molecule has 0 aliphatic heterocycles. The number of hydrogen-bond donors (Lipinski definition) is 1. The molecule has 0 spiro atoms. The molecule has 2 aromatic rings. The van der Waals surface area contributed by atoms with Gasteiger partial charge in [0.05, 0.1) is 15.5 Å². The van der Waals surface area contributed by atoms with Crippen molar-refractivity contribution in [3.63, 3.8) is 0 Å². The minimum atomic E-state index is -3.92. The smallest absolute Gasteiger partial charge is 0.266 e. The normalized spacial score (nSPS) is 11.3. The first-order valence-electron chi connectivity index (χ1n) is 6.61. The predicted octanol–water partition coefficient (Wildman–Crippen LogP) is 3.38. The summed E-state index contributed by atoms with van der Waals surface area (Å²) in [7, 11) is -3.92. The van der Waals surface area contributed by atoms with Crippen LogP contribution in [0.1, 0.15) is 27.0 Å². The van der Waals surface area contributed by atoms with Crippen LogP contribution in [-0.4, -0.2) is 14.3 Å². The lowest BCUT2D eigenvalue weighted by Crippen LogP contribution is -2.30. The third-order valence-electron chi connectivity index (χ3n) is 3.39. The van der Waals surface area contributed by atoms with Crippen molar-refractivity contribution in [3.8, 4) is 0 Å². The minimum Gasteiger partial charge on any atom is -0.268 e. The average Bonchev–Trinajstić information content (AvgIpc) is 2.42. The van der Waals surface area contributed by atoms with Crippen LogP contribution in [0.5, 0.6) is 0 Å². The van der Waals surface area contributed by atoms with Gasteiger partial charge in [0.2, 0.25) is 0 Å². The maximum Gasteiger partial charge on any atom is 0.266 e. The van der Waals surface area contributed by atoms with Gasteiger partial charge in [-0.05, 0) is 56.2 Å². The standard InChI is InChI=1S/C16H16ClNO3S/c1-10-4-6-13(7-5-10)22(20,21)18-16(19)14-8-11(2)12(3)9-15(14)17/h4-9H,1-3H3,(H,18,19). The van der Waals surface area contributed by atoms with Gasteiger partial charge in [0.25, 0.3) is 15.9 Å². The second kappa shape index (κ2) is 6.10. The zero-order valence-corrected chi connectivity index (χ0v) is 14.0. The maximum absolute atomic E-state index is 12.2. The maximum atomic E-state index is 12.2. The van der Waals surface area contributed by atoms with E-state index in [1.165, 1.54) is 12.1 Å². The number of carbonyl (C=O) groups is 1. The highest BCUT2D eigenvalue weighted by Crippen LogP contribution is 2.21. The van der Waals surface area contributed by atoms with E-state index < -0.39 is 15.9 Å². The largest absolute Gasteiger partial charge is 0.268 e. The van der Waals surface area contributed by atoms with Crippen molar-refractivity contribution < 1.29 is 13.2 Å². The van der Waals surface area contributed by atoms with Gasteiger partial charge in [0.15, 0.2) is 0 Å². The summed E-state index contributed by atoms with van der Waals surface area (Å²) in [5.74, 6) is -0.742. The molecule has 0 heterocycles. The average molecular weight is 338 g/mol. The van der Waals surface area contributed by atoms with Gasteiger partial charge in [0.1, 0.15) is 0 Å². The number of halogens is 1. The van der Waals surface area contributed by atoms with Crippen molar-refractivity contribution in [2.45, 2.75) is 25.7 Å². The van der Waals surface area contributed by atoms with Gasteiger partial charge in [-0.3, -0.25) is 4.79 Å². The fourth-order valence-corrected chi connectivity index (χ4v) is 3.18. The fourth-order valence-electron chi connectivity index (χ4n) is 1.91. The SMILES string of the molecule is Cc1ccc(S(=O)(=O)NC(=O)c2cc(C)c(C)cc2Cl)cc1. The summed E-state index contributed by atoms with van der Waals surface area (Å²) in [6.45, 7) is 5.55. The molecule has 0 fully saturated rings. The summed E-state index contributed by atoms with van der Waals surface area (Å²) in [6.07, 6.45) is 0. The molecule has 2 rings (SSSR count). The molecule has 0 saturated carbocycles. The predicted molar refractivity (Wildman–Crippen MR) is 86.8 cm³/mol. The molecule has 0 saturated heterocycles. The summed E-state index contributed by atoms with van der Waals surface area (Å²) in [5, 5.41) is 0.222. The van der Waals surface area contributed by atoms with Gasteiger partial charge in [-0.25, -0.2) is 13.1 Å². The van der Waals surface area contributed by atoms with Crippen molar-refractivity contribution in [1.82, 2.24) is 4.72 Å². The lowest BCUT2D eigenvalue weighted by Gasteiger charge is -2.10. The molecule has 116 valence electrons. The third-order valence-corrected chi connectivity index (χ3v) is 5.05. The number of hydrogen-bond acceptors (Lipinski definition) is 3. The Kier molecular flexibility index (Phi) is 4.58. The van der Waals surface area contributed by atoms with Gasteiger partial charge in [-0.1, -0.05) is 29.3 Å². The van der Waals surface area contributed by atoms with Gasteiger partial charge >= 0.3 is 0 Å². The second-order valence-corrected chi connectivity index (χ2v) is 7.25. The Morgan fingerprint density at radius 2 is 1.55 bits per heavy atom. The van der Waals surface area contributed by atoms with Crippen LogP contribution >= 0.6 is 11.6 Å². The molecule has 0 radical (unpaired) electrons. The molecule has 0 aliphatic rings. The highest BCUT2D eigenvalue weighted by Gasteiger charge is 2.20. The van der Waals surface area contributed by atoms with Crippen LogP contribution in [0.25, 0.3) is 0 Å². The molecule has 0 aliphatic carbocycles. The number of sulfonamides is 1. The van der Waals surface area contributed by atoms with Crippen molar-refractivity contribution in [1.29, 1.82) is 0 Å². The van der Waals surface area contributed by atoms with Crippen molar-refractivity contribution in [2.24, 2.45) is 0 Å². The second-order valence-electron chi connectivity index (χ2n) is 5.16. The molecule has 1 amide bonds. The van der Waals surface area contributed by atoms with Crippen LogP contribution in [-0.2, 0) is 10.0 Å². The van der Waals surface area contributed by atoms with Crippen molar-refractivity contribution in [3.05, 3.63) is 63.7 Å². The quantitative estimate of drug-likeness (QED) is 0.933. The number of aryl methyl sites for hydroxylation is 3. The molecule has 2 aromatic carbocycles. The van der Waals surface area contributed by atoms with E-state index in [-0.39, 0.29) is 15.5 Å². The summed E-state index contributed by atoms with van der Waals surface area (Å²) in [5.41, 5.74) is 2.87. The number of carbonyl (C=O) groups excluding carboxylic acids is 1. The first-order chi connectivity index (χ1) is 10.2. The number of nitrogens with one attached hydrogen (secondary N) is 1. The molecule has 4 nitrogen and oxygen atoms in total. The number of amides is 1. The van der Waals surface area contributed by atoms with Crippen LogP contribution < -0.4 is 4.72 Å². The monoisotopic (exact) mass is 337 g/mol. The van der Waals surface area contributed by atoms with E-state index in [0.29, 0.717) is 0 Å². The van der Waals surface area contributed by atoms with Crippen LogP contribution in [0, 0.1) is 20.8 Å². The zero-order chi connectivity index (χ0) is 16.5. The Morgan fingerprint density at radius 1 is 1.00 bits per heavy atom. The zero-order valence-electron chi connectivity index (χ0n) is 12.5. The summed E-state index contributed by atoms with van der Waals surface area (Å²) in [4.78, 5) is 12.2. The van der Waals surface area contributed by atoms with E-state index in [2.05, 4.69) is 0 Å². The van der Waals surface area contributed by atoms with Gasteiger partial charge < -0.3 is 0 Å². The molecule has 1 N–H and O–H groups in total. The first-order valence-corrected chi connectivity index (χ1v) is 8.47. The Bertz CT molecular complexity index is 827. The van der Waals surface area contributed by atoms with Crippen LogP contribution in [0.2, 0.25) is 5.02 Å². The summed E-state index contributed by atoms with van der Waals surface area (Å²) < 4.78 is 26.5. The van der Waals surface area contributed by atoms with Gasteiger partial charge in [0, 0.05) is 0 Å². The molecular weight excluding hydrogens is 322 g/mol. The third kappa shape index (κ3) is 3.48. The molecular formula is C16H16ClNO3S. The highest BCUT2D eigenvalue weighted by molar-refractivity contribution is 7.90. The topological polar surface area (TPSA) is 63.2 Å². The van der Waals surface area contributed by atoms with E-state index in [0.717, 1.165) is 16.7 Å². The Labute approximate surface area is 135 Å². The fraction of sp³-hybridized carbons (Fsp3) is 0.188. The van der Waals surface area contributed by atoms with Crippen LogP contribution in [0.4, 0.5) is 0 Å². The number of benzene rings is 2. The van der Waals surface area contributed by atoms with Crippen LogP contribution in [0.3, 0.4) is 0 Å². The molecule has 0 bridgehead atoms. The molecule has 0 atom stereocenters. The van der Waals surface area contributed by atoms with E-state index >= 15 is 0 Å². The highest BCUT2D eigenvalue weighted by atomic mass is 35.5. The summed E-state index contributed by atoms with van der Waals surface area (Å²) >= 11 is 6.04. The van der Waals surface area contributed by atoms with Crippen LogP contribution in [0.15, 0.2) is 41.3 Å². The van der Waals surface area contributed by atoms with E-state index in [1.807, 2.05) is 25.5 Å². The molecule has 6 heteroatoms. The molecule has 0 aromatic heterocycles. The van der Waals surface area contributed by atoms with Gasteiger partial charge in [-0.15, -0.1) is 0 Å². The lowest BCUT2D eigenvalue weighted by atomic mass is 10.1. The van der Waals surface area contributed by atoms with E-state index in [4.69, 9.17) is 11.6 Å². The van der Waals surface area contributed by atoms with E-state index in [1.54, 1.807) is 24.3 Å². The molecule has 22 heavy (non-hydrogen) atoms. The minimum absolute atomic E-state index is 0.0337. The van der Waals surface area contributed by atoms with Crippen molar-refractivity contribution >= 4 is 27.5 Å². The molecule has 0 unspecified atom stereocenters.